The van der Waals surface area contributed by atoms with Crippen LogP contribution >= 0.6 is 0 Å². The smallest absolute Gasteiger partial charge is 0.218 e. The molecular formula is C8H11N3O2S. The van der Waals surface area contributed by atoms with Crippen LogP contribution in [0, 0.1) is 0 Å². The molecule has 0 saturated carbocycles. The van der Waals surface area contributed by atoms with Crippen molar-refractivity contribution in [2.45, 2.75) is 11.4 Å². The highest BCUT2D eigenvalue weighted by Gasteiger charge is 2.09. The molecule has 0 bridgehead atoms. The SMILES string of the molecule is NC(=O)CCS(=O)c1ncccc1N. The molecule has 14 heavy (non-hydrogen) atoms. The van der Waals surface area contributed by atoms with E-state index in [4.69, 9.17) is 11.5 Å². The van der Waals surface area contributed by atoms with E-state index in [2.05, 4.69) is 4.98 Å². The summed E-state index contributed by atoms with van der Waals surface area (Å²) in [6.07, 6.45) is 1.58. The Morgan fingerprint density at radius 2 is 2.29 bits per heavy atom. The number of rotatable bonds is 4. The third-order valence-electron chi connectivity index (χ3n) is 1.55. The standard InChI is InChI=1S/C8H11N3O2S/c9-6-2-1-4-11-8(6)14(13)5-3-7(10)12/h1-2,4H,3,5,9H2,(H2,10,12). The molecule has 0 radical (unpaired) electrons. The lowest BCUT2D eigenvalue weighted by atomic mass is 10.4. The minimum atomic E-state index is -1.35. The molecule has 4 N–H and O–H groups in total. The first-order chi connectivity index (χ1) is 6.61. The lowest BCUT2D eigenvalue weighted by Crippen LogP contribution is -2.15. The Labute approximate surface area is 84.0 Å². The minimum Gasteiger partial charge on any atom is -0.396 e. The minimum absolute atomic E-state index is 0.0720. The molecular weight excluding hydrogens is 202 g/mol. The van der Waals surface area contributed by atoms with Gasteiger partial charge in [-0.1, -0.05) is 0 Å². The number of aromatic nitrogens is 1. The quantitative estimate of drug-likeness (QED) is 0.713. The zero-order valence-electron chi connectivity index (χ0n) is 7.47. The molecule has 1 aromatic rings. The fraction of sp³-hybridized carbons (Fsp3) is 0.250. The number of primary amides is 1. The number of anilines is 1. The van der Waals surface area contributed by atoms with Gasteiger partial charge in [0.15, 0.2) is 0 Å². The maximum Gasteiger partial charge on any atom is 0.218 e. The molecule has 1 aromatic heterocycles. The number of carbonyl (C=O) groups excluding carboxylic acids is 1. The number of hydrogen-bond donors (Lipinski definition) is 2. The van der Waals surface area contributed by atoms with Gasteiger partial charge in [0, 0.05) is 18.4 Å². The average molecular weight is 213 g/mol. The van der Waals surface area contributed by atoms with Crippen LogP contribution in [0.15, 0.2) is 23.4 Å². The van der Waals surface area contributed by atoms with E-state index in [1.165, 1.54) is 6.20 Å². The van der Waals surface area contributed by atoms with Crippen LogP contribution in [-0.2, 0) is 15.6 Å². The van der Waals surface area contributed by atoms with Gasteiger partial charge in [0.1, 0.15) is 5.03 Å². The van der Waals surface area contributed by atoms with Crippen molar-refractivity contribution in [2.75, 3.05) is 11.5 Å². The summed E-state index contributed by atoms with van der Waals surface area (Å²) in [6.45, 7) is 0. The summed E-state index contributed by atoms with van der Waals surface area (Å²) in [6, 6.07) is 3.27. The summed E-state index contributed by atoms with van der Waals surface area (Å²) in [5, 5.41) is 0.314. The molecule has 0 aliphatic heterocycles. The summed E-state index contributed by atoms with van der Waals surface area (Å²) in [5.74, 6) is -0.316. The molecule has 0 aromatic carbocycles. The van der Waals surface area contributed by atoms with E-state index in [1.54, 1.807) is 12.1 Å². The van der Waals surface area contributed by atoms with Gasteiger partial charge < -0.3 is 11.5 Å². The van der Waals surface area contributed by atoms with Gasteiger partial charge in [0.05, 0.1) is 16.5 Å². The van der Waals surface area contributed by atoms with Crippen molar-refractivity contribution in [1.82, 2.24) is 4.98 Å². The van der Waals surface area contributed by atoms with Crippen molar-refractivity contribution in [1.29, 1.82) is 0 Å². The first kappa shape index (κ1) is 10.6. The third kappa shape index (κ3) is 2.81. The summed E-state index contributed by atoms with van der Waals surface area (Å²) in [5.41, 5.74) is 10.9. The highest BCUT2D eigenvalue weighted by Crippen LogP contribution is 2.12. The monoisotopic (exact) mass is 213 g/mol. The van der Waals surface area contributed by atoms with E-state index < -0.39 is 16.7 Å². The molecule has 1 rings (SSSR count). The van der Waals surface area contributed by atoms with Crippen LogP contribution < -0.4 is 11.5 Å². The van der Waals surface area contributed by atoms with Gasteiger partial charge in [-0.05, 0) is 12.1 Å². The predicted molar refractivity (Wildman–Crippen MR) is 53.7 cm³/mol. The summed E-state index contributed by atoms with van der Waals surface area (Å²) in [4.78, 5) is 14.3. The van der Waals surface area contributed by atoms with Crippen molar-refractivity contribution in [2.24, 2.45) is 5.73 Å². The fourth-order valence-electron chi connectivity index (χ4n) is 0.883. The van der Waals surface area contributed by atoms with E-state index in [9.17, 15) is 9.00 Å². The van der Waals surface area contributed by atoms with Crippen molar-refractivity contribution >= 4 is 22.4 Å². The molecule has 1 heterocycles. The molecule has 0 spiro atoms. The molecule has 0 aliphatic rings. The fourth-order valence-corrected chi connectivity index (χ4v) is 1.97. The number of pyridine rings is 1. The number of nitrogen functional groups attached to an aromatic ring is 1. The zero-order chi connectivity index (χ0) is 10.6. The Kier molecular flexibility index (Phi) is 3.58. The molecule has 0 aliphatic carbocycles. The third-order valence-corrected chi connectivity index (χ3v) is 2.90. The molecule has 1 atom stereocenters. The first-order valence-electron chi connectivity index (χ1n) is 3.98. The maximum absolute atomic E-state index is 11.5. The molecule has 6 heteroatoms. The summed E-state index contributed by atoms with van der Waals surface area (Å²) < 4.78 is 11.5. The normalized spacial score (nSPS) is 12.3. The van der Waals surface area contributed by atoms with Gasteiger partial charge in [-0.15, -0.1) is 0 Å². The van der Waals surface area contributed by atoms with Crippen molar-refractivity contribution in [3.63, 3.8) is 0 Å². The van der Waals surface area contributed by atoms with Gasteiger partial charge in [0.25, 0.3) is 0 Å². The van der Waals surface area contributed by atoms with Crippen molar-refractivity contribution < 1.29 is 9.00 Å². The number of nitrogens with zero attached hydrogens (tertiary/aromatic N) is 1. The van der Waals surface area contributed by atoms with Crippen molar-refractivity contribution in [3.05, 3.63) is 18.3 Å². The van der Waals surface area contributed by atoms with Crippen LogP contribution in [0.25, 0.3) is 0 Å². The summed E-state index contributed by atoms with van der Waals surface area (Å²) >= 11 is 0. The van der Waals surface area contributed by atoms with Crippen LogP contribution in [-0.4, -0.2) is 20.9 Å². The predicted octanol–water partition coefficient (Wildman–Crippen LogP) is -0.353. The lowest BCUT2D eigenvalue weighted by Gasteiger charge is -2.02. The highest BCUT2D eigenvalue weighted by atomic mass is 32.2. The Morgan fingerprint density at radius 3 is 2.86 bits per heavy atom. The average Bonchev–Trinajstić information content (AvgIpc) is 2.15. The van der Waals surface area contributed by atoms with Gasteiger partial charge >= 0.3 is 0 Å². The van der Waals surface area contributed by atoms with E-state index in [1.807, 2.05) is 0 Å². The molecule has 1 amide bonds. The van der Waals surface area contributed by atoms with Crippen LogP contribution in [0.3, 0.4) is 0 Å². The molecule has 1 unspecified atom stereocenters. The molecule has 5 nitrogen and oxygen atoms in total. The van der Waals surface area contributed by atoms with Gasteiger partial charge in [-0.25, -0.2) is 4.98 Å². The Morgan fingerprint density at radius 1 is 1.57 bits per heavy atom. The van der Waals surface area contributed by atoms with E-state index in [-0.39, 0.29) is 12.2 Å². The number of nitrogens with two attached hydrogens (primary N) is 2. The zero-order valence-corrected chi connectivity index (χ0v) is 8.29. The Balaban J connectivity index is 2.70. The number of hydrogen-bond acceptors (Lipinski definition) is 4. The second kappa shape index (κ2) is 4.71. The second-order valence-electron chi connectivity index (χ2n) is 2.66. The molecule has 0 fully saturated rings. The van der Waals surface area contributed by atoms with E-state index in [0.717, 1.165) is 0 Å². The highest BCUT2D eigenvalue weighted by molar-refractivity contribution is 7.85. The second-order valence-corrected chi connectivity index (χ2v) is 4.15. The largest absolute Gasteiger partial charge is 0.396 e. The van der Waals surface area contributed by atoms with Crippen molar-refractivity contribution in [3.8, 4) is 0 Å². The topological polar surface area (TPSA) is 99.1 Å². The van der Waals surface area contributed by atoms with Crippen LogP contribution in [0.2, 0.25) is 0 Å². The van der Waals surface area contributed by atoms with Gasteiger partial charge in [0.2, 0.25) is 5.91 Å². The number of amides is 1. The van der Waals surface area contributed by atoms with Gasteiger partial charge in [-0.2, -0.15) is 0 Å². The van der Waals surface area contributed by atoms with Crippen LogP contribution in [0.1, 0.15) is 6.42 Å². The Hall–Kier alpha value is -1.43. The van der Waals surface area contributed by atoms with Gasteiger partial charge in [-0.3, -0.25) is 9.00 Å². The lowest BCUT2D eigenvalue weighted by molar-refractivity contribution is -0.117. The Bertz CT molecular complexity index is 367. The number of carbonyl (C=O) groups is 1. The molecule has 76 valence electrons. The first-order valence-corrected chi connectivity index (χ1v) is 5.30. The van der Waals surface area contributed by atoms with E-state index in [0.29, 0.717) is 10.7 Å². The van der Waals surface area contributed by atoms with Crippen LogP contribution in [0.4, 0.5) is 5.69 Å². The molecule has 0 saturated heterocycles. The summed E-state index contributed by atoms with van der Waals surface area (Å²) in [7, 11) is -1.35. The van der Waals surface area contributed by atoms with Crippen LogP contribution in [0.5, 0.6) is 0 Å². The van der Waals surface area contributed by atoms with E-state index >= 15 is 0 Å². The maximum atomic E-state index is 11.5.